The summed E-state index contributed by atoms with van der Waals surface area (Å²) in [7, 11) is 0. The summed E-state index contributed by atoms with van der Waals surface area (Å²) in [6.45, 7) is 8.47. The van der Waals surface area contributed by atoms with Crippen molar-refractivity contribution < 1.29 is 24.5 Å². The number of allylic oxidation sites excluding steroid dienone is 1. The monoisotopic (exact) mass is 400 g/mol. The molecule has 3 bridgehead atoms. The Hall–Kier alpha value is -1.33. The molecule has 12 atom stereocenters. The SMILES string of the molecule is CC1=C[C@H]2[C@@H](O)[C@H](C)[C@@H](O)[C@@H]2[C@H]2[C@@H]3C4=C5OC(C)(CCC(OC4=O)[C@H]5C)[C@@H]3C[C@@H]12. The molecule has 3 heterocycles. The van der Waals surface area contributed by atoms with E-state index in [4.69, 9.17) is 9.47 Å². The maximum absolute atomic E-state index is 13.2. The van der Waals surface area contributed by atoms with Crippen LogP contribution in [0.1, 0.15) is 47.0 Å². The van der Waals surface area contributed by atoms with E-state index in [1.807, 2.05) is 6.92 Å². The number of rotatable bonds is 0. The zero-order chi connectivity index (χ0) is 20.4. The van der Waals surface area contributed by atoms with Gasteiger partial charge in [0.25, 0.3) is 0 Å². The number of hydrogen-bond donors (Lipinski definition) is 2. The van der Waals surface area contributed by atoms with Crippen LogP contribution in [0.15, 0.2) is 23.0 Å². The lowest BCUT2D eigenvalue weighted by atomic mass is 9.63. The summed E-state index contributed by atoms with van der Waals surface area (Å²) in [5, 5.41) is 22.0. The van der Waals surface area contributed by atoms with Crippen LogP contribution in [0.4, 0.5) is 0 Å². The van der Waals surface area contributed by atoms with E-state index in [-0.39, 0.29) is 59.1 Å². The highest BCUT2D eigenvalue weighted by molar-refractivity contribution is 5.91. The van der Waals surface area contributed by atoms with E-state index in [0.717, 1.165) is 30.6 Å². The highest BCUT2D eigenvalue weighted by Gasteiger charge is 2.66. The molecule has 2 unspecified atom stereocenters. The molecule has 2 saturated carbocycles. The van der Waals surface area contributed by atoms with Gasteiger partial charge in [-0.25, -0.2) is 4.79 Å². The minimum absolute atomic E-state index is 0.0126. The van der Waals surface area contributed by atoms with Crippen molar-refractivity contribution in [2.24, 2.45) is 47.3 Å². The summed E-state index contributed by atoms with van der Waals surface area (Å²) in [5.41, 5.74) is 1.77. The molecule has 158 valence electrons. The quantitative estimate of drug-likeness (QED) is 0.483. The van der Waals surface area contributed by atoms with Gasteiger partial charge in [-0.15, -0.1) is 0 Å². The molecule has 0 amide bonds. The number of aliphatic hydroxyl groups is 2. The largest absolute Gasteiger partial charge is 0.491 e. The molecule has 1 saturated heterocycles. The Labute approximate surface area is 172 Å². The second-order valence-electron chi connectivity index (χ2n) is 10.9. The van der Waals surface area contributed by atoms with Crippen LogP contribution in [0.25, 0.3) is 0 Å². The summed E-state index contributed by atoms with van der Waals surface area (Å²) < 4.78 is 12.6. The van der Waals surface area contributed by atoms with Crippen molar-refractivity contribution in [1.29, 1.82) is 0 Å². The molecule has 3 aliphatic heterocycles. The number of carbonyl (C=O) groups is 1. The van der Waals surface area contributed by atoms with Gasteiger partial charge in [-0.1, -0.05) is 25.5 Å². The van der Waals surface area contributed by atoms with Gasteiger partial charge in [0.05, 0.1) is 23.7 Å². The molecular weight excluding hydrogens is 368 g/mol. The van der Waals surface area contributed by atoms with E-state index in [0.29, 0.717) is 5.92 Å². The van der Waals surface area contributed by atoms with Crippen LogP contribution in [0.5, 0.6) is 0 Å². The molecule has 29 heavy (non-hydrogen) atoms. The van der Waals surface area contributed by atoms with Gasteiger partial charge < -0.3 is 19.7 Å². The highest BCUT2D eigenvalue weighted by Crippen LogP contribution is 2.66. The first-order chi connectivity index (χ1) is 13.7. The first kappa shape index (κ1) is 18.4. The minimum atomic E-state index is -0.543. The van der Waals surface area contributed by atoms with Crippen molar-refractivity contribution in [3.05, 3.63) is 23.0 Å². The molecular formula is C24H32O5. The van der Waals surface area contributed by atoms with Crippen LogP contribution < -0.4 is 0 Å². The highest BCUT2D eigenvalue weighted by atomic mass is 16.6. The van der Waals surface area contributed by atoms with Gasteiger partial charge >= 0.3 is 5.97 Å². The molecule has 3 fully saturated rings. The lowest BCUT2D eigenvalue weighted by molar-refractivity contribution is -0.154. The fraction of sp³-hybridized carbons (Fsp3) is 0.792. The Kier molecular flexibility index (Phi) is 3.61. The second kappa shape index (κ2) is 5.67. The third-order valence-electron chi connectivity index (χ3n) is 9.72. The second-order valence-corrected chi connectivity index (χ2v) is 10.9. The Morgan fingerprint density at radius 1 is 1.17 bits per heavy atom. The lowest BCUT2D eigenvalue weighted by Gasteiger charge is -2.48. The number of carbonyl (C=O) groups excluding carboxylic acids is 1. The van der Waals surface area contributed by atoms with Crippen molar-refractivity contribution in [2.45, 2.75) is 70.9 Å². The lowest BCUT2D eigenvalue weighted by Crippen LogP contribution is -2.49. The Bertz CT molecular complexity index is 844. The summed E-state index contributed by atoms with van der Waals surface area (Å²) >= 11 is 0. The van der Waals surface area contributed by atoms with E-state index >= 15 is 0 Å². The van der Waals surface area contributed by atoms with E-state index in [2.05, 4.69) is 26.8 Å². The van der Waals surface area contributed by atoms with Crippen molar-refractivity contribution in [1.82, 2.24) is 0 Å². The van der Waals surface area contributed by atoms with E-state index in [1.165, 1.54) is 5.57 Å². The van der Waals surface area contributed by atoms with E-state index < -0.39 is 12.2 Å². The molecule has 3 aliphatic carbocycles. The van der Waals surface area contributed by atoms with Crippen LogP contribution in [0, 0.1) is 47.3 Å². The Balaban J connectivity index is 1.55. The van der Waals surface area contributed by atoms with Gasteiger partial charge in [-0.05, 0) is 50.9 Å². The van der Waals surface area contributed by atoms with Crippen molar-refractivity contribution >= 4 is 5.97 Å². The molecule has 0 aromatic rings. The normalized spacial score (nSPS) is 57.4. The van der Waals surface area contributed by atoms with Gasteiger partial charge in [0.1, 0.15) is 17.5 Å². The van der Waals surface area contributed by atoms with Crippen LogP contribution in [0.3, 0.4) is 0 Å². The number of ether oxygens (including phenoxy) is 2. The topological polar surface area (TPSA) is 76.0 Å². The first-order valence-corrected chi connectivity index (χ1v) is 11.4. The molecule has 6 rings (SSSR count). The van der Waals surface area contributed by atoms with Crippen LogP contribution in [-0.4, -0.2) is 40.1 Å². The summed E-state index contributed by atoms with van der Waals surface area (Å²) in [6.07, 6.45) is 3.79. The van der Waals surface area contributed by atoms with Crippen LogP contribution in [-0.2, 0) is 14.3 Å². The van der Waals surface area contributed by atoms with Gasteiger partial charge in [0.15, 0.2) is 0 Å². The third-order valence-corrected chi connectivity index (χ3v) is 9.72. The zero-order valence-electron chi connectivity index (χ0n) is 17.7. The van der Waals surface area contributed by atoms with Crippen LogP contribution >= 0.6 is 0 Å². The van der Waals surface area contributed by atoms with E-state index in [9.17, 15) is 15.0 Å². The number of aliphatic hydroxyl groups excluding tert-OH is 2. The first-order valence-electron chi connectivity index (χ1n) is 11.4. The Morgan fingerprint density at radius 2 is 1.93 bits per heavy atom. The smallest absolute Gasteiger partial charge is 0.338 e. The van der Waals surface area contributed by atoms with Crippen molar-refractivity contribution in [2.75, 3.05) is 0 Å². The fourth-order valence-electron chi connectivity index (χ4n) is 8.16. The summed E-state index contributed by atoms with van der Waals surface area (Å²) in [6, 6.07) is 0. The van der Waals surface area contributed by atoms with E-state index in [1.54, 1.807) is 0 Å². The molecule has 5 heteroatoms. The molecule has 0 spiro atoms. The third kappa shape index (κ3) is 2.11. The van der Waals surface area contributed by atoms with Crippen molar-refractivity contribution in [3.63, 3.8) is 0 Å². The maximum atomic E-state index is 13.2. The predicted octanol–water partition coefficient (Wildman–Crippen LogP) is 2.82. The maximum Gasteiger partial charge on any atom is 0.338 e. The van der Waals surface area contributed by atoms with Gasteiger partial charge in [-0.3, -0.25) is 0 Å². The van der Waals surface area contributed by atoms with Crippen molar-refractivity contribution in [3.8, 4) is 0 Å². The Morgan fingerprint density at radius 3 is 2.69 bits per heavy atom. The molecule has 0 aromatic carbocycles. The van der Waals surface area contributed by atoms with Crippen LogP contribution in [0.2, 0.25) is 0 Å². The number of hydrogen-bond acceptors (Lipinski definition) is 5. The van der Waals surface area contributed by atoms with Gasteiger partial charge in [-0.2, -0.15) is 0 Å². The van der Waals surface area contributed by atoms with Gasteiger partial charge in [0.2, 0.25) is 0 Å². The molecule has 5 nitrogen and oxygen atoms in total. The summed E-state index contributed by atoms with van der Waals surface area (Å²) in [5.74, 6) is 1.34. The number of fused-ring (bicyclic) bond motifs is 9. The van der Waals surface area contributed by atoms with Gasteiger partial charge in [0, 0.05) is 23.7 Å². The standard InChI is InChI=1S/C24H32O5/c1-9-7-13-17(21(26)11(3)20(13)25)16-12(9)8-14-18(16)19-22-10(2)15(28-23(19)27)5-6-24(14,4)29-22/h7,10-18,20-21,25-26H,5-6,8H2,1-4H3/t10-,11+,12+,13-,14-,15?,16+,17+,18-,20+,21-,24?/m1/s1. The average molecular weight is 401 g/mol. The molecule has 6 aliphatic rings. The average Bonchev–Trinajstić information content (AvgIpc) is 3.16. The fourth-order valence-corrected chi connectivity index (χ4v) is 8.16. The minimum Gasteiger partial charge on any atom is -0.491 e. The summed E-state index contributed by atoms with van der Waals surface area (Å²) in [4.78, 5) is 13.2. The molecule has 2 N–H and O–H groups in total. The zero-order valence-corrected chi connectivity index (χ0v) is 17.7. The predicted molar refractivity (Wildman–Crippen MR) is 105 cm³/mol. The number of esters is 1. The molecule has 0 radical (unpaired) electrons. The molecule has 0 aromatic heterocycles.